The number of rotatable bonds is 4. The van der Waals surface area contributed by atoms with Gasteiger partial charge >= 0.3 is 6.18 Å². The average Bonchev–Trinajstić information content (AvgIpc) is 2.11. The van der Waals surface area contributed by atoms with Crippen LogP contribution in [-0.4, -0.2) is 6.18 Å². The van der Waals surface area contributed by atoms with E-state index in [4.69, 9.17) is 0 Å². The molecule has 0 aliphatic carbocycles. The zero-order valence-corrected chi connectivity index (χ0v) is 9.41. The zero-order valence-electron chi connectivity index (χ0n) is 9.41. The van der Waals surface area contributed by atoms with Gasteiger partial charge in [0, 0.05) is 12.3 Å². The van der Waals surface area contributed by atoms with Crippen molar-refractivity contribution in [2.75, 3.05) is 0 Å². The van der Waals surface area contributed by atoms with E-state index >= 15 is 0 Å². The Kier molecular flexibility index (Phi) is 6.15. The largest absolute Gasteiger partial charge is 0.457 e. The maximum absolute atomic E-state index is 11.7. The van der Waals surface area contributed by atoms with E-state index in [1.165, 1.54) is 5.92 Å². The molecule has 0 bridgehead atoms. The molecule has 0 nitrogen and oxygen atoms in total. The third-order valence-electron chi connectivity index (χ3n) is 2.15. The van der Waals surface area contributed by atoms with Gasteiger partial charge in [-0.3, -0.25) is 0 Å². The van der Waals surface area contributed by atoms with Crippen LogP contribution in [0.25, 0.3) is 0 Å². The Hall–Kier alpha value is -0.910. The summed E-state index contributed by atoms with van der Waals surface area (Å²) in [5.74, 6) is 3.93. The molecule has 0 saturated heterocycles. The van der Waals surface area contributed by atoms with Gasteiger partial charge in [0.15, 0.2) is 0 Å². The normalized spacial score (nSPS) is 14.4. The van der Waals surface area contributed by atoms with Gasteiger partial charge < -0.3 is 0 Å². The standard InChI is InChI=1S/C12H17F3/c1-4-10(2)9-11(3)7-5-6-8-12(13,14)15/h7,10H,4-5,9H2,1-3H3/b11-7+. The molecule has 0 aliphatic rings. The summed E-state index contributed by atoms with van der Waals surface area (Å²) in [7, 11) is 0. The highest BCUT2D eigenvalue weighted by Gasteiger charge is 2.22. The van der Waals surface area contributed by atoms with Crippen molar-refractivity contribution < 1.29 is 13.2 Å². The molecule has 0 spiro atoms. The number of allylic oxidation sites excluding steroid dienone is 2. The van der Waals surface area contributed by atoms with Gasteiger partial charge in [-0.05, 0) is 19.3 Å². The van der Waals surface area contributed by atoms with E-state index in [1.807, 2.05) is 6.92 Å². The fraction of sp³-hybridized carbons (Fsp3) is 0.667. The lowest BCUT2D eigenvalue weighted by Gasteiger charge is -2.07. The molecular weight excluding hydrogens is 201 g/mol. The van der Waals surface area contributed by atoms with Crippen LogP contribution in [0.5, 0.6) is 0 Å². The molecule has 15 heavy (non-hydrogen) atoms. The first kappa shape index (κ1) is 14.1. The van der Waals surface area contributed by atoms with Crippen molar-refractivity contribution in [3.8, 4) is 11.8 Å². The zero-order chi connectivity index (χ0) is 11.9. The van der Waals surface area contributed by atoms with Crippen LogP contribution in [0.4, 0.5) is 13.2 Å². The van der Waals surface area contributed by atoms with Gasteiger partial charge in [-0.2, -0.15) is 13.2 Å². The lowest BCUT2D eigenvalue weighted by molar-refractivity contribution is -0.0697. The average molecular weight is 218 g/mol. The number of halogens is 3. The van der Waals surface area contributed by atoms with Gasteiger partial charge in [0.1, 0.15) is 0 Å². The Morgan fingerprint density at radius 2 is 2.00 bits per heavy atom. The molecule has 0 saturated carbocycles. The maximum atomic E-state index is 11.7. The second-order valence-corrected chi connectivity index (χ2v) is 3.77. The Labute approximate surface area is 89.6 Å². The van der Waals surface area contributed by atoms with Crippen molar-refractivity contribution in [2.24, 2.45) is 5.92 Å². The van der Waals surface area contributed by atoms with E-state index in [9.17, 15) is 13.2 Å². The quantitative estimate of drug-likeness (QED) is 0.487. The van der Waals surface area contributed by atoms with Crippen LogP contribution in [0.15, 0.2) is 11.6 Å². The topological polar surface area (TPSA) is 0 Å². The molecule has 0 fully saturated rings. The van der Waals surface area contributed by atoms with Crippen LogP contribution in [-0.2, 0) is 0 Å². The third-order valence-corrected chi connectivity index (χ3v) is 2.15. The molecule has 0 aromatic rings. The lowest BCUT2D eigenvalue weighted by Crippen LogP contribution is -2.01. The Bertz CT molecular complexity index is 263. The molecule has 0 aliphatic heterocycles. The van der Waals surface area contributed by atoms with Crippen molar-refractivity contribution in [3.63, 3.8) is 0 Å². The third kappa shape index (κ3) is 9.40. The second kappa shape index (κ2) is 6.55. The minimum absolute atomic E-state index is 0.182. The second-order valence-electron chi connectivity index (χ2n) is 3.77. The van der Waals surface area contributed by atoms with E-state index in [1.54, 1.807) is 6.08 Å². The number of hydrogen-bond acceptors (Lipinski definition) is 0. The summed E-state index contributed by atoms with van der Waals surface area (Å²) in [4.78, 5) is 0. The van der Waals surface area contributed by atoms with Gasteiger partial charge in [-0.25, -0.2) is 0 Å². The number of hydrogen-bond donors (Lipinski definition) is 0. The van der Waals surface area contributed by atoms with Crippen molar-refractivity contribution >= 4 is 0 Å². The molecule has 0 rings (SSSR count). The molecule has 0 aromatic heterocycles. The molecule has 0 heterocycles. The summed E-state index contributed by atoms with van der Waals surface area (Å²) in [5, 5.41) is 0. The Morgan fingerprint density at radius 3 is 2.47 bits per heavy atom. The predicted molar refractivity (Wildman–Crippen MR) is 56.3 cm³/mol. The van der Waals surface area contributed by atoms with E-state index in [-0.39, 0.29) is 6.42 Å². The van der Waals surface area contributed by atoms with Gasteiger partial charge in [0.2, 0.25) is 0 Å². The summed E-state index contributed by atoms with van der Waals surface area (Å²) in [6, 6.07) is 0. The molecule has 0 amide bonds. The molecule has 0 radical (unpaired) electrons. The van der Waals surface area contributed by atoms with Gasteiger partial charge in [-0.15, -0.1) is 0 Å². The first-order valence-corrected chi connectivity index (χ1v) is 5.07. The minimum atomic E-state index is -4.36. The molecule has 1 unspecified atom stereocenters. The summed E-state index contributed by atoms with van der Waals surface area (Å²) in [5.41, 5.74) is 1.11. The van der Waals surface area contributed by atoms with Crippen molar-refractivity contribution in [1.29, 1.82) is 0 Å². The SMILES string of the molecule is CCC(C)C/C(C)=C/CC#CC(F)(F)F. The van der Waals surface area contributed by atoms with E-state index in [2.05, 4.69) is 19.8 Å². The van der Waals surface area contributed by atoms with Crippen LogP contribution >= 0.6 is 0 Å². The molecule has 0 aromatic carbocycles. The van der Waals surface area contributed by atoms with Gasteiger partial charge in [-0.1, -0.05) is 37.8 Å². The van der Waals surface area contributed by atoms with E-state index in [0.29, 0.717) is 5.92 Å². The maximum Gasteiger partial charge on any atom is 0.457 e. The highest BCUT2D eigenvalue weighted by atomic mass is 19.4. The minimum Gasteiger partial charge on any atom is -0.159 e. The molecule has 0 N–H and O–H groups in total. The highest BCUT2D eigenvalue weighted by molar-refractivity contribution is 5.11. The van der Waals surface area contributed by atoms with Crippen LogP contribution in [0.2, 0.25) is 0 Å². The van der Waals surface area contributed by atoms with E-state index < -0.39 is 6.18 Å². The van der Waals surface area contributed by atoms with E-state index in [0.717, 1.165) is 18.4 Å². The fourth-order valence-corrected chi connectivity index (χ4v) is 1.15. The van der Waals surface area contributed by atoms with Crippen LogP contribution in [0.1, 0.15) is 40.0 Å². The summed E-state index contributed by atoms with van der Waals surface area (Å²) in [6.07, 6.45) is -0.394. The summed E-state index contributed by atoms with van der Waals surface area (Å²) >= 11 is 0. The Balaban J connectivity index is 4.00. The van der Waals surface area contributed by atoms with Crippen molar-refractivity contribution in [1.82, 2.24) is 0 Å². The van der Waals surface area contributed by atoms with Gasteiger partial charge in [0.25, 0.3) is 0 Å². The first-order chi connectivity index (χ1) is 6.85. The smallest absolute Gasteiger partial charge is 0.159 e. The van der Waals surface area contributed by atoms with Crippen molar-refractivity contribution in [3.05, 3.63) is 11.6 Å². The predicted octanol–water partition coefficient (Wildman–Crippen LogP) is 4.32. The first-order valence-electron chi connectivity index (χ1n) is 5.07. The lowest BCUT2D eigenvalue weighted by atomic mass is 9.99. The fourth-order valence-electron chi connectivity index (χ4n) is 1.15. The van der Waals surface area contributed by atoms with Crippen molar-refractivity contribution in [2.45, 2.75) is 46.2 Å². The number of alkyl halides is 3. The Morgan fingerprint density at radius 1 is 1.40 bits per heavy atom. The summed E-state index contributed by atoms with van der Waals surface area (Å²) in [6.45, 7) is 6.15. The summed E-state index contributed by atoms with van der Waals surface area (Å²) < 4.78 is 35.0. The van der Waals surface area contributed by atoms with Crippen LogP contribution in [0.3, 0.4) is 0 Å². The van der Waals surface area contributed by atoms with Gasteiger partial charge in [0.05, 0.1) is 0 Å². The molecular formula is C12H17F3. The molecule has 86 valence electrons. The van der Waals surface area contributed by atoms with Crippen LogP contribution in [0, 0.1) is 17.8 Å². The van der Waals surface area contributed by atoms with Crippen LogP contribution < -0.4 is 0 Å². The molecule has 3 heteroatoms. The molecule has 1 atom stereocenters. The highest BCUT2D eigenvalue weighted by Crippen LogP contribution is 2.14. The monoisotopic (exact) mass is 218 g/mol.